The van der Waals surface area contributed by atoms with Crippen molar-refractivity contribution < 1.29 is 13.2 Å². The molecule has 1 N–H and O–H groups in total. The molecule has 11 heteroatoms. The van der Waals surface area contributed by atoms with Crippen LogP contribution in [0.1, 0.15) is 36.7 Å². The van der Waals surface area contributed by atoms with Crippen molar-refractivity contribution in [3.05, 3.63) is 77.6 Å². The van der Waals surface area contributed by atoms with Gasteiger partial charge in [-0.05, 0) is 23.6 Å². The molecule has 0 saturated carbocycles. The van der Waals surface area contributed by atoms with E-state index >= 15 is 0 Å². The van der Waals surface area contributed by atoms with E-state index in [1.54, 1.807) is 40.7 Å². The number of halogens is 3. The smallest absolute Gasteiger partial charge is 0.333 e. The first-order chi connectivity index (χ1) is 17.5. The van der Waals surface area contributed by atoms with Crippen molar-refractivity contribution in [2.75, 3.05) is 0 Å². The normalized spacial score (nSPS) is 12.1. The number of rotatable bonds is 5. The van der Waals surface area contributed by atoms with E-state index in [-0.39, 0.29) is 17.4 Å². The minimum atomic E-state index is -4.50. The average Bonchev–Trinajstić information content (AvgIpc) is 3.38. The van der Waals surface area contributed by atoms with Crippen LogP contribution >= 0.6 is 0 Å². The van der Waals surface area contributed by atoms with Crippen LogP contribution in [0.3, 0.4) is 0 Å². The first-order valence-electron chi connectivity index (χ1n) is 11.7. The Morgan fingerprint density at radius 2 is 1.73 bits per heavy atom. The molecule has 5 rings (SSSR count). The molecule has 0 aliphatic carbocycles. The number of benzene rings is 1. The summed E-state index contributed by atoms with van der Waals surface area (Å²) in [6.45, 7) is 4.48. The van der Waals surface area contributed by atoms with E-state index in [1.165, 1.54) is 11.6 Å². The second-order valence-corrected chi connectivity index (χ2v) is 9.22. The molecule has 5 aromatic rings. The van der Waals surface area contributed by atoms with Gasteiger partial charge in [-0.3, -0.25) is 15.0 Å². The molecule has 0 saturated heterocycles. The molecule has 0 radical (unpaired) electrons. The molecular formula is C26H25F3N8. The number of aryl methyl sites for hydroxylation is 2. The fourth-order valence-electron chi connectivity index (χ4n) is 4.36. The van der Waals surface area contributed by atoms with E-state index in [2.05, 4.69) is 28.8 Å². The Bertz CT molecular complexity index is 1660. The summed E-state index contributed by atoms with van der Waals surface area (Å²) in [6, 6.07) is 10.9. The summed E-state index contributed by atoms with van der Waals surface area (Å²) in [4.78, 5) is 17.6. The van der Waals surface area contributed by atoms with Gasteiger partial charge in [0.25, 0.3) is 0 Å². The van der Waals surface area contributed by atoms with Crippen molar-refractivity contribution in [2.45, 2.75) is 32.5 Å². The molecule has 0 amide bonds. The Morgan fingerprint density at radius 3 is 2.38 bits per heavy atom. The third-order valence-corrected chi connectivity index (χ3v) is 6.29. The third kappa shape index (κ3) is 4.41. The number of hydrogen-bond donors (Lipinski definition) is 1. The molecule has 1 aromatic carbocycles. The number of imidazole rings is 2. The van der Waals surface area contributed by atoms with E-state index in [0.717, 1.165) is 23.0 Å². The van der Waals surface area contributed by atoms with Crippen LogP contribution in [0, 0.1) is 5.41 Å². The minimum Gasteiger partial charge on any atom is -0.333 e. The van der Waals surface area contributed by atoms with Crippen molar-refractivity contribution in [1.29, 1.82) is 5.41 Å². The van der Waals surface area contributed by atoms with Gasteiger partial charge in [-0.25, -0.2) is 15.0 Å². The second kappa shape index (κ2) is 8.99. The Morgan fingerprint density at radius 1 is 1.00 bits per heavy atom. The quantitative estimate of drug-likeness (QED) is 0.367. The molecule has 0 aliphatic heterocycles. The van der Waals surface area contributed by atoms with Crippen LogP contribution in [0.15, 0.2) is 55.0 Å². The summed E-state index contributed by atoms with van der Waals surface area (Å²) in [7, 11) is 3.32. The van der Waals surface area contributed by atoms with Crippen molar-refractivity contribution in [1.82, 2.24) is 33.6 Å². The predicted molar refractivity (Wildman–Crippen MR) is 132 cm³/mol. The standard InChI is InChI=1S/C26H25F3N8/c1-15(2)21-18(6-5-11-31-21)22-32-12-19-24(34-22)37(25(30)36(19)4)13-16-7-9-17(10-8-16)23-33-20(14-35(23)3)26(27,28)29/h5-12,14-15,30H,13H2,1-4H3. The zero-order valence-corrected chi connectivity index (χ0v) is 20.7. The number of fused-ring (bicyclic) bond motifs is 1. The maximum Gasteiger partial charge on any atom is 0.434 e. The van der Waals surface area contributed by atoms with Gasteiger partial charge in [0.2, 0.25) is 5.62 Å². The lowest BCUT2D eigenvalue weighted by molar-refractivity contribution is -0.140. The van der Waals surface area contributed by atoms with Crippen LogP contribution < -0.4 is 5.62 Å². The highest BCUT2D eigenvalue weighted by molar-refractivity contribution is 5.74. The van der Waals surface area contributed by atoms with Crippen LogP contribution in [0.25, 0.3) is 33.9 Å². The second-order valence-electron chi connectivity index (χ2n) is 9.22. The summed E-state index contributed by atoms with van der Waals surface area (Å²) in [5.41, 5.74) is 3.83. The molecule has 4 aromatic heterocycles. The first-order valence-corrected chi connectivity index (χ1v) is 11.7. The topological polar surface area (TPSA) is 90.2 Å². The van der Waals surface area contributed by atoms with Gasteiger partial charge in [0.05, 0.1) is 18.4 Å². The molecular weight excluding hydrogens is 481 g/mol. The van der Waals surface area contributed by atoms with Gasteiger partial charge in [-0.1, -0.05) is 38.1 Å². The lowest BCUT2D eigenvalue weighted by Gasteiger charge is -2.10. The predicted octanol–water partition coefficient (Wildman–Crippen LogP) is 4.90. The molecule has 4 heterocycles. The molecule has 0 bridgehead atoms. The molecule has 0 spiro atoms. The van der Waals surface area contributed by atoms with Gasteiger partial charge in [0.15, 0.2) is 17.2 Å². The lowest BCUT2D eigenvalue weighted by Crippen LogP contribution is -2.23. The summed E-state index contributed by atoms with van der Waals surface area (Å²) < 4.78 is 44.0. The minimum absolute atomic E-state index is 0.189. The van der Waals surface area contributed by atoms with Gasteiger partial charge in [0, 0.05) is 37.6 Å². The Balaban J connectivity index is 1.51. The third-order valence-electron chi connectivity index (χ3n) is 6.29. The van der Waals surface area contributed by atoms with Crippen LogP contribution in [-0.2, 0) is 26.8 Å². The molecule has 0 atom stereocenters. The van der Waals surface area contributed by atoms with Gasteiger partial charge in [-0.15, -0.1) is 0 Å². The fourth-order valence-corrected chi connectivity index (χ4v) is 4.36. The molecule has 0 aliphatic rings. The SMILES string of the molecule is CC(C)c1ncccc1-c1ncc2c(n1)n(Cc1ccc(-c3nc(C(F)(F)F)cn3C)cc1)c(=N)n2C. The maximum atomic E-state index is 13.1. The highest BCUT2D eigenvalue weighted by atomic mass is 19.4. The largest absolute Gasteiger partial charge is 0.434 e. The van der Waals surface area contributed by atoms with Crippen LogP contribution in [0.2, 0.25) is 0 Å². The average molecular weight is 507 g/mol. The summed E-state index contributed by atoms with van der Waals surface area (Å²) in [6.07, 6.45) is -0.0595. The number of nitrogens with one attached hydrogen (secondary N) is 1. The number of alkyl halides is 3. The van der Waals surface area contributed by atoms with Gasteiger partial charge >= 0.3 is 6.18 Å². The molecule has 8 nitrogen and oxygen atoms in total. The maximum absolute atomic E-state index is 13.1. The Hall–Kier alpha value is -4.28. The zero-order chi connectivity index (χ0) is 26.5. The number of hydrogen-bond acceptors (Lipinski definition) is 5. The lowest BCUT2D eigenvalue weighted by atomic mass is 10.0. The molecule has 0 unspecified atom stereocenters. The van der Waals surface area contributed by atoms with Gasteiger partial charge in [-0.2, -0.15) is 13.2 Å². The number of aromatic nitrogens is 7. The highest BCUT2D eigenvalue weighted by Crippen LogP contribution is 2.31. The van der Waals surface area contributed by atoms with Gasteiger partial charge < -0.3 is 9.13 Å². The van der Waals surface area contributed by atoms with Crippen molar-refractivity contribution in [3.63, 3.8) is 0 Å². The van der Waals surface area contributed by atoms with Crippen molar-refractivity contribution >= 4 is 11.2 Å². The number of pyridine rings is 1. The number of nitrogens with zero attached hydrogens (tertiary/aromatic N) is 7. The Labute approximate surface area is 210 Å². The van der Waals surface area contributed by atoms with E-state index < -0.39 is 11.9 Å². The monoisotopic (exact) mass is 506 g/mol. The highest BCUT2D eigenvalue weighted by Gasteiger charge is 2.34. The fraction of sp³-hybridized carbons (Fsp3) is 0.269. The van der Waals surface area contributed by atoms with Crippen LogP contribution in [0.4, 0.5) is 13.2 Å². The van der Waals surface area contributed by atoms with E-state index in [9.17, 15) is 13.2 Å². The summed E-state index contributed by atoms with van der Waals surface area (Å²) in [5, 5.41) is 8.65. The van der Waals surface area contributed by atoms with E-state index in [0.29, 0.717) is 29.1 Å². The molecule has 190 valence electrons. The summed E-state index contributed by atoms with van der Waals surface area (Å²) in [5.74, 6) is 0.955. The van der Waals surface area contributed by atoms with Crippen molar-refractivity contribution in [3.8, 4) is 22.8 Å². The molecule has 37 heavy (non-hydrogen) atoms. The Kier molecular flexibility index (Phi) is 5.93. The van der Waals surface area contributed by atoms with Crippen LogP contribution in [0.5, 0.6) is 0 Å². The summed E-state index contributed by atoms with van der Waals surface area (Å²) >= 11 is 0. The molecule has 0 fully saturated rings. The van der Waals surface area contributed by atoms with E-state index in [1.807, 2.05) is 24.3 Å². The van der Waals surface area contributed by atoms with Crippen molar-refractivity contribution in [2.24, 2.45) is 14.1 Å². The van der Waals surface area contributed by atoms with Crippen LogP contribution in [-0.4, -0.2) is 33.6 Å². The zero-order valence-electron chi connectivity index (χ0n) is 20.7. The van der Waals surface area contributed by atoms with Gasteiger partial charge in [0.1, 0.15) is 11.3 Å². The van der Waals surface area contributed by atoms with E-state index in [4.69, 9.17) is 10.4 Å². The first kappa shape index (κ1) is 24.4.